The van der Waals surface area contributed by atoms with Crippen LogP contribution in [0, 0.1) is 28.4 Å². The second-order valence-corrected chi connectivity index (χ2v) is 12.3. The molecule has 1 amide bonds. The summed E-state index contributed by atoms with van der Waals surface area (Å²) in [6.45, 7) is 7.65. The molecule has 1 fully saturated rings. The zero-order chi connectivity index (χ0) is 30.8. The minimum absolute atomic E-state index is 0.0252. The van der Waals surface area contributed by atoms with Gasteiger partial charge >= 0.3 is 5.97 Å². The Labute approximate surface area is 254 Å². The van der Waals surface area contributed by atoms with Crippen molar-refractivity contribution >= 4 is 40.8 Å². The van der Waals surface area contributed by atoms with E-state index < -0.39 is 46.9 Å². The Hall–Kier alpha value is -3.51. The van der Waals surface area contributed by atoms with Crippen molar-refractivity contribution in [2.75, 3.05) is 11.9 Å². The number of carbonyl (C=O) groups excluding carboxylic acids is 2. The van der Waals surface area contributed by atoms with E-state index in [2.05, 4.69) is 16.7 Å². The summed E-state index contributed by atoms with van der Waals surface area (Å²) in [6.07, 6.45) is 0.324. The zero-order valence-electron chi connectivity index (χ0n) is 23.6. The largest absolute Gasteiger partial charge is 0.462 e. The van der Waals surface area contributed by atoms with Crippen LogP contribution < -0.4 is 10.6 Å². The van der Waals surface area contributed by atoms with E-state index in [-0.39, 0.29) is 44.4 Å². The fourth-order valence-electron chi connectivity index (χ4n) is 5.75. The molecule has 220 valence electrons. The quantitative estimate of drug-likeness (QED) is 0.271. The molecule has 1 aliphatic heterocycles. The number of rotatable bonds is 7. The van der Waals surface area contributed by atoms with E-state index in [0.29, 0.717) is 6.42 Å². The maximum atomic E-state index is 15.8. The third-order valence-electron chi connectivity index (χ3n) is 7.41. The van der Waals surface area contributed by atoms with E-state index in [1.54, 1.807) is 19.1 Å². The number of para-hydroxylation sites is 1. The molecule has 6 nitrogen and oxygen atoms in total. The fourth-order valence-corrected chi connectivity index (χ4v) is 6.09. The Balaban J connectivity index is 1.94. The number of esters is 1. The molecule has 0 aliphatic carbocycles. The third-order valence-corrected chi connectivity index (χ3v) is 7.94. The van der Waals surface area contributed by atoms with Gasteiger partial charge in [0.1, 0.15) is 17.0 Å². The van der Waals surface area contributed by atoms with E-state index in [4.69, 9.17) is 27.9 Å². The molecule has 0 aromatic heterocycles. The van der Waals surface area contributed by atoms with Gasteiger partial charge in [0.05, 0.1) is 35.0 Å². The number of nitrogens with zero attached hydrogens (tertiary/aromatic N) is 1. The van der Waals surface area contributed by atoms with E-state index in [0.717, 1.165) is 6.07 Å². The van der Waals surface area contributed by atoms with Crippen LogP contribution in [0.4, 0.5) is 14.5 Å². The highest BCUT2D eigenvalue weighted by Gasteiger charge is 2.61. The minimum Gasteiger partial charge on any atom is -0.462 e. The second kappa shape index (κ2) is 12.4. The first-order chi connectivity index (χ1) is 19.8. The average Bonchev–Trinajstić information content (AvgIpc) is 3.23. The predicted octanol–water partition coefficient (Wildman–Crippen LogP) is 7.41. The topological polar surface area (TPSA) is 91.2 Å². The summed E-state index contributed by atoms with van der Waals surface area (Å²) < 4.78 is 36.7. The maximum Gasteiger partial charge on any atom is 0.340 e. The van der Waals surface area contributed by atoms with Crippen molar-refractivity contribution in [3.63, 3.8) is 0 Å². The third kappa shape index (κ3) is 6.00. The molecule has 4 rings (SSSR count). The lowest BCUT2D eigenvalue weighted by molar-refractivity contribution is -0.118. The first-order valence-corrected chi connectivity index (χ1v) is 14.2. The molecule has 0 spiro atoms. The number of nitrogens with one attached hydrogen (secondary N) is 2. The number of hydrogen-bond acceptors (Lipinski definition) is 5. The lowest BCUT2D eigenvalue weighted by Crippen LogP contribution is -2.45. The molecule has 3 aromatic carbocycles. The van der Waals surface area contributed by atoms with Gasteiger partial charge in [-0.25, -0.2) is 13.6 Å². The molecular weight excluding hydrogens is 583 g/mol. The number of halogens is 4. The van der Waals surface area contributed by atoms with Gasteiger partial charge in [-0.1, -0.05) is 74.3 Å². The van der Waals surface area contributed by atoms with Gasteiger partial charge in [0.2, 0.25) is 5.91 Å². The van der Waals surface area contributed by atoms with Gasteiger partial charge in [-0.15, -0.1) is 0 Å². The average molecular weight is 615 g/mol. The number of amides is 1. The fraction of sp³-hybridized carbons (Fsp3) is 0.344. The monoisotopic (exact) mass is 613 g/mol. The molecule has 1 aliphatic rings. The summed E-state index contributed by atoms with van der Waals surface area (Å²) in [7, 11) is 0. The molecule has 1 heterocycles. The molecule has 0 saturated carbocycles. The van der Waals surface area contributed by atoms with Crippen LogP contribution in [0.3, 0.4) is 0 Å². The summed E-state index contributed by atoms with van der Waals surface area (Å²) in [4.78, 5) is 26.7. The van der Waals surface area contributed by atoms with Crippen LogP contribution in [-0.4, -0.2) is 30.6 Å². The Kier molecular flexibility index (Phi) is 9.27. The summed E-state index contributed by atoms with van der Waals surface area (Å²) in [5.74, 6) is -4.10. The van der Waals surface area contributed by atoms with Gasteiger partial charge in [-0.3, -0.25) is 4.79 Å². The van der Waals surface area contributed by atoms with Crippen LogP contribution in [0.25, 0.3) is 0 Å². The highest BCUT2D eigenvalue weighted by Crippen LogP contribution is 2.53. The summed E-state index contributed by atoms with van der Waals surface area (Å²) in [5.41, 5.74) is -1.91. The van der Waals surface area contributed by atoms with Crippen LogP contribution in [-0.2, 0) is 14.9 Å². The number of benzene rings is 3. The van der Waals surface area contributed by atoms with Gasteiger partial charge in [0.25, 0.3) is 0 Å². The lowest BCUT2D eigenvalue weighted by Gasteiger charge is -2.37. The molecule has 0 bridgehead atoms. The first kappa shape index (κ1) is 31.4. The van der Waals surface area contributed by atoms with E-state index >= 15 is 8.78 Å². The van der Waals surface area contributed by atoms with Crippen LogP contribution in [0.2, 0.25) is 10.0 Å². The van der Waals surface area contributed by atoms with Gasteiger partial charge < -0.3 is 15.4 Å². The molecule has 0 radical (unpaired) electrons. The van der Waals surface area contributed by atoms with E-state index in [1.807, 2.05) is 20.8 Å². The maximum absolute atomic E-state index is 15.8. The standard InChI is InChI=1S/C32H31Cl2F2N3O3/c1-5-42-30(41)19-9-6-7-12-24(19)38-29(40)28-26(20-10-8-11-22(34)27(20)36)32(17-37,25(39-28)16-31(2,3)4)21-14-13-18(33)15-23(21)35/h6-15,25-26,28,39H,5,16H2,1-4H3,(H,38,40). The van der Waals surface area contributed by atoms with Gasteiger partial charge in [0.15, 0.2) is 0 Å². The van der Waals surface area contributed by atoms with Gasteiger partial charge in [0, 0.05) is 22.5 Å². The highest BCUT2D eigenvalue weighted by molar-refractivity contribution is 6.31. The second-order valence-electron chi connectivity index (χ2n) is 11.4. The minimum atomic E-state index is -1.77. The summed E-state index contributed by atoms with van der Waals surface area (Å²) >= 11 is 12.3. The van der Waals surface area contributed by atoms with Crippen molar-refractivity contribution in [3.05, 3.63) is 99.0 Å². The molecular formula is C32H31Cl2F2N3O3. The molecule has 2 N–H and O–H groups in total. The normalized spacial score (nSPS) is 21.9. The number of hydrogen-bond donors (Lipinski definition) is 2. The number of anilines is 1. The summed E-state index contributed by atoms with van der Waals surface area (Å²) in [5, 5.41) is 16.9. The highest BCUT2D eigenvalue weighted by atomic mass is 35.5. The zero-order valence-corrected chi connectivity index (χ0v) is 25.1. The van der Waals surface area contributed by atoms with Crippen LogP contribution in [0.5, 0.6) is 0 Å². The van der Waals surface area contributed by atoms with Gasteiger partial charge in [-0.05, 0) is 54.7 Å². The van der Waals surface area contributed by atoms with Crippen LogP contribution in [0.1, 0.15) is 61.5 Å². The van der Waals surface area contributed by atoms with Crippen molar-refractivity contribution in [1.82, 2.24) is 5.32 Å². The van der Waals surface area contributed by atoms with Crippen molar-refractivity contribution in [2.24, 2.45) is 5.41 Å². The van der Waals surface area contributed by atoms with Crippen LogP contribution >= 0.6 is 23.2 Å². The predicted molar refractivity (Wildman–Crippen MR) is 159 cm³/mol. The molecule has 4 atom stereocenters. The number of ether oxygens (including phenoxy) is 1. The lowest BCUT2D eigenvalue weighted by atomic mass is 9.62. The molecule has 10 heteroatoms. The van der Waals surface area contributed by atoms with Crippen molar-refractivity contribution in [3.8, 4) is 6.07 Å². The van der Waals surface area contributed by atoms with Crippen molar-refractivity contribution in [1.29, 1.82) is 5.26 Å². The van der Waals surface area contributed by atoms with E-state index in [1.165, 1.54) is 42.5 Å². The molecule has 4 unspecified atom stereocenters. The SMILES string of the molecule is CCOC(=O)c1ccccc1NC(=O)C1NC(CC(C)(C)C)C(C#N)(c2ccc(Cl)cc2F)C1c1cccc(Cl)c1F. The number of nitriles is 1. The van der Waals surface area contributed by atoms with Gasteiger partial charge in [-0.2, -0.15) is 5.26 Å². The van der Waals surface area contributed by atoms with Crippen LogP contribution in [0.15, 0.2) is 60.7 Å². The number of carbonyl (C=O) groups is 2. The first-order valence-electron chi connectivity index (χ1n) is 13.5. The Morgan fingerprint density at radius 1 is 1.10 bits per heavy atom. The van der Waals surface area contributed by atoms with Crippen molar-refractivity contribution < 1.29 is 23.1 Å². The smallest absolute Gasteiger partial charge is 0.340 e. The molecule has 1 saturated heterocycles. The molecule has 3 aromatic rings. The molecule has 42 heavy (non-hydrogen) atoms. The Bertz CT molecular complexity index is 1550. The summed E-state index contributed by atoms with van der Waals surface area (Å²) in [6, 6.07) is 14.9. The van der Waals surface area contributed by atoms with E-state index in [9.17, 15) is 14.9 Å². The Morgan fingerprint density at radius 2 is 1.81 bits per heavy atom. The Morgan fingerprint density at radius 3 is 2.45 bits per heavy atom. The van der Waals surface area contributed by atoms with Crippen molar-refractivity contribution in [2.45, 2.75) is 57.5 Å².